The molecule has 1 aliphatic rings. The summed E-state index contributed by atoms with van der Waals surface area (Å²) in [4.78, 5) is 28.4. The van der Waals surface area contributed by atoms with E-state index in [1.165, 1.54) is 0 Å². The largest absolute Gasteiger partial charge is 0.345 e. The Kier molecular flexibility index (Phi) is 4.14. The maximum atomic E-state index is 12.2. The number of aromatic nitrogens is 2. The molecule has 1 heterocycles. The van der Waals surface area contributed by atoms with Gasteiger partial charge in [-0.3, -0.25) is 9.59 Å². The van der Waals surface area contributed by atoms with Crippen molar-refractivity contribution in [2.45, 2.75) is 19.9 Å². The summed E-state index contributed by atoms with van der Waals surface area (Å²) in [6.07, 6.45) is 4.46. The van der Waals surface area contributed by atoms with Crippen molar-refractivity contribution in [3.63, 3.8) is 0 Å². The van der Waals surface area contributed by atoms with Crippen molar-refractivity contribution in [2.24, 2.45) is 18.9 Å². The lowest BCUT2D eigenvalue weighted by molar-refractivity contribution is -0.117. The van der Waals surface area contributed by atoms with Crippen molar-refractivity contribution >= 4 is 17.5 Å². The minimum absolute atomic E-state index is 0.0306. The van der Waals surface area contributed by atoms with Crippen LogP contribution in [0.3, 0.4) is 0 Å². The average molecular weight is 312 g/mol. The summed E-state index contributed by atoms with van der Waals surface area (Å²) in [6.45, 7) is 2.42. The molecule has 6 nitrogen and oxygen atoms in total. The summed E-state index contributed by atoms with van der Waals surface area (Å²) in [6, 6.07) is 6.98. The van der Waals surface area contributed by atoms with Crippen LogP contribution in [0.5, 0.6) is 0 Å². The molecule has 6 heteroatoms. The molecule has 120 valence electrons. The average Bonchev–Trinajstić information content (AvgIpc) is 3.13. The zero-order valence-electron chi connectivity index (χ0n) is 13.2. The second-order valence-electron chi connectivity index (χ2n) is 6.03. The number of hydrogen-bond donors (Lipinski definition) is 2. The van der Waals surface area contributed by atoms with Crippen molar-refractivity contribution in [2.75, 3.05) is 5.32 Å². The van der Waals surface area contributed by atoms with Crippen LogP contribution in [0.25, 0.3) is 0 Å². The van der Waals surface area contributed by atoms with Gasteiger partial charge in [-0.2, -0.15) is 0 Å². The van der Waals surface area contributed by atoms with Crippen molar-refractivity contribution < 1.29 is 9.59 Å². The highest BCUT2D eigenvalue weighted by Gasteiger charge is 2.39. The molecular weight excluding hydrogens is 292 g/mol. The lowest BCUT2D eigenvalue weighted by atomic mass is 10.2. The molecule has 0 spiro atoms. The van der Waals surface area contributed by atoms with E-state index in [4.69, 9.17) is 0 Å². The Bertz CT molecular complexity index is 738. The standard InChI is InChI=1S/C17H20N4O2/c1-11-8-14(11)17(23)20-13-5-3-4-12(9-13)16(22)19-10-15-18-6-7-21(15)2/h3-7,9,11,14H,8,10H2,1-2H3,(H,19,22)(H,20,23)/t11-,14-/m1/s1. The smallest absolute Gasteiger partial charge is 0.251 e. The summed E-state index contributed by atoms with van der Waals surface area (Å²) in [5.41, 5.74) is 1.17. The predicted octanol–water partition coefficient (Wildman–Crippen LogP) is 1.94. The van der Waals surface area contributed by atoms with Gasteiger partial charge in [-0.25, -0.2) is 4.98 Å². The number of hydrogen-bond acceptors (Lipinski definition) is 3. The zero-order chi connectivity index (χ0) is 16.4. The number of aryl methyl sites for hydroxylation is 1. The molecule has 23 heavy (non-hydrogen) atoms. The fourth-order valence-electron chi connectivity index (χ4n) is 2.49. The van der Waals surface area contributed by atoms with Gasteiger partial charge in [0.1, 0.15) is 5.82 Å². The van der Waals surface area contributed by atoms with Crippen LogP contribution >= 0.6 is 0 Å². The highest BCUT2D eigenvalue weighted by molar-refractivity contribution is 5.98. The lowest BCUT2D eigenvalue weighted by Crippen LogP contribution is -2.24. The molecule has 2 aromatic rings. The molecule has 0 saturated heterocycles. The first-order valence-corrected chi connectivity index (χ1v) is 7.70. The van der Waals surface area contributed by atoms with Crippen LogP contribution in [0, 0.1) is 11.8 Å². The van der Waals surface area contributed by atoms with E-state index in [0.717, 1.165) is 12.2 Å². The van der Waals surface area contributed by atoms with Gasteiger partial charge in [-0.1, -0.05) is 13.0 Å². The maximum Gasteiger partial charge on any atom is 0.251 e. The van der Waals surface area contributed by atoms with Gasteiger partial charge >= 0.3 is 0 Å². The van der Waals surface area contributed by atoms with E-state index in [9.17, 15) is 9.59 Å². The molecule has 3 rings (SSSR count). The molecule has 0 bridgehead atoms. The molecule has 0 unspecified atom stereocenters. The Labute approximate surface area is 134 Å². The number of benzene rings is 1. The van der Waals surface area contributed by atoms with Gasteiger partial charge in [-0.05, 0) is 30.5 Å². The molecule has 1 aliphatic carbocycles. The van der Waals surface area contributed by atoms with Gasteiger partial charge in [-0.15, -0.1) is 0 Å². The van der Waals surface area contributed by atoms with Crippen LogP contribution < -0.4 is 10.6 Å². The number of carbonyl (C=O) groups is 2. The highest BCUT2D eigenvalue weighted by Crippen LogP contribution is 2.38. The fourth-order valence-corrected chi connectivity index (χ4v) is 2.49. The molecule has 1 aromatic heterocycles. The van der Waals surface area contributed by atoms with Gasteiger partial charge in [0.2, 0.25) is 5.91 Å². The number of nitrogens with zero attached hydrogens (tertiary/aromatic N) is 2. The predicted molar refractivity (Wildman–Crippen MR) is 86.7 cm³/mol. The van der Waals surface area contributed by atoms with Crippen molar-refractivity contribution in [1.29, 1.82) is 0 Å². The van der Waals surface area contributed by atoms with Crippen LogP contribution in [-0.2, 0) is 18.4 Å². The topological polar surface area (TPSA) is 76.0 Å². The van der Waals surface area contributed by atoms with Crippen LogP contribution in [0.15, 0.2) is 36.7 Å². The van der Waals surface area contributed by atoms with Crippen molar-refractivity contribution in [1.82, 2.24) is 14.9 Å². The summed E-state index contributed by atoms with van der Waals surface area (Å²) in [5, 5.41) is 5.70. The third-order valence-corrected chi connectivity index (χ3v) is 4.17. The summed E-state index contributed by atoms with van der Waals surface area (Å²) in [5.74, 6) is 1.19. The zero-order valence-corrected chi connectivity index (χ0v) is 13.2. The monoisotopic (exact) mass is 312 g/mol. The van der Waals surface area contributed by atoms with Gasteiger partial charge < -0.3 is 15.2 Å². The van der Waals surface area contributed by atoms with Crippen molar-refractivity contribution in [3.05, 3.63) is 48.0 Å². The number of nitrogens with one attached hydrogen (secondary N) is 2. The number of amides is 2. The Morgan fingerprint density at radius 2 is 2.17 bits per heavy atom. The maximum absolute atomic E-state index is 12.2. The quantitative estimate of drug-likeness (QED) is 0.886. The first-order chi connectivity index (χ1) is 11.0. The van der Waals surface area contributed by atoms with E-state index < -0.39 is 0 Å². The van der Waals surface area contributed by atoms with E-state index in [1.807, 2.05) is 17.8 Å². The third kappa shape index (κ3) is 3.59. The fraction of sp³-hybridized carbons (Fsp3) is 0.353. The first-order valence-electron chi connectivity index (χ1n) is 7.70. The van der Waals surface area contributed by atoms with Gasteiger partial charge in [0.15, 0.2) is 0 Å². The number of rotatable bonds is 5. The summed E-state index contributed by atoms with van der Waals surface area (Å²) in [7, 11) is 1.88. The Hall–Kier alpha value is -2.63. The van der Waals surface area contributed by atoms with Gasteiger partial charge in [0.25, 0.3) is 5.91 Å². The van der Waals surface area contributed by atoms with Gasteiger partial charge in [0, 0.05) is 36.6 Å². The highest BCUT2D eigenvalue weighted by atomic mass is 16.2. The van der Waals surface area contributed by atoms with E-state index in [0.29, 0.717) is 23.7 Å². The Morgan fingerprint density at radius 3 is 2.83 bits per heavy atom. The molecule has 1 saturated carbocycles. The van der Waals surface area contributed by atoms with E-state index >= 15 is 0 Å². The molecule has 2 N–H and O–H groups in total. The lowest BCUT2D eigenvalue weighted by Gasteiger charge is -2.08. The Balaban J connectivity index is 1.61. The number of imidazole rings is 1. The van der Waals surface area contributed by atoms with E-state index in [2.05, 4.69) is 22.5 Å². The molecule has 2 amide bonds. The molecule has 2 atom stereocenters. The summed E-state index contributed by atoms with van der Waals surface area (Å²) < 4.78 is 1.85. The SMILES string of the molecule is C[C@@H]1C[C@H]1C(=O)Nc1cccc(C(=O)NCc2nccn2C)c1. The van der Waals surface area contributed by atoms with E-state index in [1.54, 1.807) is 30.5 Å². The van der Waals surface area contributed by atoms with Crippen molar-refractivity contribution in [3.8, 4) is 0 Å². The van der Waals surface area contributed by atoms with E-state index in [-0.39, 0.29) is 17.7 Å². The molecule has 0 radical (unpaired) electrons. The third-order valence-electron chi connectivity index (χ3n) is 4.17. The normalized spacial score (nSPS) is 19.2. The molecule has 1 fully saturated rings. The van der Waals surface area contributed by atoms with Crippen LogP contribution in [0.4, 0.5) is 5.69 Å². The van der Waals surface area contributed by atoms with Crippen LogP contribution in [0.2, 0.25) is 0 Å². The first kappa shape index (κ1) is 15.3. The van der Waals surface area contributed by atoms with Crippen LogP contribution in [-0.4, -0.2) is 21.4 Å². The Morgan fingerprint density at radius 1 is 1.39 bits per heavy atom. The van der Waals surface area contributed by atoms with Crippen LogP contribution in [0.1, 0.15) is 29.5 Å². The summed E-state index contributed by atoms with van der Waals surface area (Å²) >= 11 is 0. The van der Waals surface area contributed by atoms with Gasteiger partial charge in [0.05, 0.1) is 6.54 Å². The second kappa shape index (κ2) is 6.24. The number of anilines is 1. The molecule has 0 aliphatic heterocycles. The minimum Gasteiger partial charge on any atom is -0.345 e. The molecule has 1 aromatic carbocycles. The minimum atomic E-state index is -0.191. The second-order valence-corrected chi connectivity index (χ2v) is 6.03. The molecular formula is C17H20N4O2. The number of carbonyl (C=O) groups excluding carboxylic acids is 2.